The van der Waals surface area contributed by atoms with Crippen LogP contribution < -0.4 is 0 Å². The Labute approximate surface area is 121 Å². The van der Waals surface area contributed by atoms with Crippen LogP contribution in [0, 0.1) is 22.7 Å². The van der Waals surface area contributed by atoms with Crippen molar-refractivity contribution in [2.45, 2.75) is 54.0 Å². The van der Waals surface area contributed by atoms with Crippen LogP contribution in [0.15, 0.2) is 0 Å². The van der Waals surface area contributed by atoms with Crippen LogP contribution in [0.4, 0.5) is 4.79 Å². The summed E-state index contributed by atoms with van der Waals surface area (Å²) in [4.78, 5) is 26.3. The van der Waals surface area contributed by atoms with Crippen LogP contribution in [0.1, 0.15) is 48.5 Å². The first-order valence-electron chi connectivity index (χ1n) is 7.46. The number of piperidine rings is 1. The number of rotatable bonds is 1. The molecule has 0 radical (unpaired) electrons. The zero-order valence-corrected chi connectivity index (χ0v) is 13.7. The minimum atomic E-state index is -0.371. The third-order valence-corrected chi connectivity index (χ3v) is 6.15. The average molecular weight is 281 g/mol. The maximum absolute atomic E-state index is 12.5. The average Bonchev–Trinajstić information content (AvgIpc) is 2.30. The van der Waals surface area contributed by atoms with Crippen LogP contribution in [0.3, 0.4) is 0 Å². The number of hydrogen-bond donors (Lipinski definition) is 0. The monoisotopic (exact) mass is 281 g/mol. The van der Waals surface area contributed by atoms with Gasteiger partial charge in [0.05, 0.1) is 13.2 Å². The third-order valence-electron chi connectivity index (χ3n) is 6.15. The van der Waals surface area contributed by atoms with E-state index in [-0.39, 0.29) is 46.6 Å². The molecule has 4 nitrogen and oxygen atoms in total. The lowest BCUT2D eigenvalue weighted by Gasteiger charge is -2.71. The van der Waals surface area contributed by atoms with E-state index in [0.29, 0.717) is 6.61 Å². The quantitative estimate of drug-likeness (QED) is 0.742. The lowest BCUT2D eigenvalue weighted by atomic mass is 9.35. The van der Waals surface area contributed by atoms with E-state index in [1.54, 1.807) is 11.8 Å². The van der Waals surface area contributed by atoms with Crippen LogP contribution >= 0.6 is 0 Å². The first-order valence-corrected chi connectivity index (χ1v) is 7.46. The maximum atomic E-state index is 12.5. The Kier molecular flexibility index (Phi) is 3.23. The number of likely N-dealkylation sites (tertiary alicyclic amines) is 1. The topological polar surface area (TPSA) is 46.6 Å². The van der Waals surface area contributed by atoms with E-state index in [1.165, 1.54) is 0 Å². The van der Waals surface area contributed by atoms with Crippen molar-refractivity contribution in [1.82, 2.24) is 4.90 Å². The minimum absolute atomic E-state index is 0.0159. The summed E-state index contributed by atoms with van der Waals surface area (Å²) in [5.74, 6) is 0.389. The van der Waals surface area contributed by atoms with E-state index in [1.807, 2.05) is 0 Å². The van der Waals surface area contributed by atoms with Gasteiger partial charge in [-0.2, -0.15) is 0 Å². The highest BCUT2D eigenvalue weighted by atomic mass is 16.6. The molecule has 0 N–H and O–H groups in total. The fraction of sp³-hybridized carbons (Fsp3) is 0.875. The van der Waals surface area contributed by atoms with Gasteiger partial charge in [-0.15, -0.1) is 0 Å². The van der Waals surface area contributed by atoms with E-state index < -0.39 is 0 Å². The molecule has 1 amide bonds. The molecule has 20 heavy (non-hydrogen) atoms. The molecule has 0 aromatic heterocycles. The molecule has 114 valence electrons. The predicted molar refractivity (Wildman–Crippen MR) is 77.4 cm³/mol. The molecule has 2 aliphatic rings. The standard InChI is InChI=1S/C16H27NO3/c1-8-20-13(19)17-9-10(18)11-12(16(17,6)7)15(4,5)14(11,2)3/h11-12H,8-9H2,1-7H3. The van der Waals surface area contributed by atoms with Gasteiger partial charge in [-0.25, -0.2) is 4.79 Å². The number of ether oxygens (including phenoxy) is 1. The van der Waals surface area contributed by atoms with Gasteiger partial charge in [0, 0.05) is 11.5 Å². The van der Waals surface area contributed by atoms with Crippen LogP contribution in [-0.4, -0.2) is 35.5 Å². The van der Waals surface area contributed by atoms with Gasteiger partial charge in [-0.1, -0.05) is 27.7 Å². The Bertz CT molecular complexity index is 451. The van der Waals surface area contributed by atoms with Gasteiger partial charge < -0.3 is 4.74 Å². The second kappa shape index (κ2) is 4.22. The SMILES string of the molecule is CCOC(=O)N1CC(=O)C2C(C1(C)C)C(C)(C)C2(C)C. The first-order chi connectivity index (χ1) is 8.99. The summed E-state index contributed by atoms with van der Waals surface area (Å²) in [7, 11) is 0. The smallest absolute Gasteiger partial charge is 0.410 e. The van der Waals surface area contributed by atoms with Gasteiger partial charge in [0.15, 0.2) is 5.78 Å². The van der Waals surface area contributed by atoms with E-state index >= 15 is 0 Å². The van der Waals surface area contributed by atoms with Crippen molar-refractivity contribution in [2.24, 2.45) is 22.7 Å². The van der Waals surface area contributed by atoms with Crippen molar-refractivity contribution in [2.75, 3.05) is 13.2 Å². The lowest BCUT2D eigenvalue weighted by molar-refractivity contribution is -0.228. The van der Waals surface area contributed by atoms with Crippen molar-refractivity contribution in [1.29, 1.82) is 0 Å². The zero-order valence-electron chi connectivity index (χ0n) is 13.7. The van der Waals surface area contributed by atoms with Crippen LogP contribution in [-0.2, 0) is 9.53 Å². The molecule has 4 heteroatoms. The number of ketones is 1. The molecule has 0 aromatic rings. The van der Waals surface area contributed by atoms with Gasteiger partial charge in [0.2, 0.25) is 0 Å². The Balaban J connectivity index is 2.38. The molecule has 0 spiro atoms. The van der Waals surface area contributed by atoms with Crippen molar-refractivity contribution in [3.05, 3.63) is 0 Å². The Hall–Kier alpha value is -1.06. The normalized spacial score (nSPS) is 33.1. The van der Waals surface area contributed by atoms with Crippen molar-refractivity contribution < 1.29 is 14.3 Å². The van der Waals surface area contributed by atoms with Gasteiger partial charge >= 0.3 is 6.09 Å². The summed E-state index contributed by atoms with van der Waals surface area (Å²) >= 11 is 0. The van der Waals surface area contributed by atoms with Crippen molar-refractivity contribution in [3.8, 4) is 0 Å². The second-order valence-electron chi connectivity index (χ2n) is 7.80. The van der Waals surface area contributed by atoms with E-state index in [4.69, 9.17) is 4.74 Å². The second-order valence-corrected chi connectivity index (χ2v) is 7.80. The third kappa shape index (κ3) is 1.66. The summed E-state index contributed by atoms with van der Waals surface area (Å²) in [6, 6.07) is 0. The van der Waals surface area contributed by atoms with Crippen LogP contribution in [0.5, 0.6) is 0 Å². The van der Waals surface area contributed by atoms with Crippen molar-refractivity contribution in [3.63, 3.8) is 0 Å². The van der Waals surface area contributed by atoms with E-state index in [2.05, 4.69) is 41.5 Å². The molecule has 1 saturated heterocycles. The highest BCUT2D eigenvalue weighted by Crippen LogP contribution is 2.69. The van der Waals surface area contributed by atoms with Gasteiger partial charge in [-0.05, 0) is 37.5 Å². The molecule has 0 aromatic carbocycles. The molecule has 1 aliphatic heterocycles. The predicted octanol–water partition coefficient (Wildman–Crippen LogP) is 3.10. The number of Topliss-reactive ketones (excluding diaryl/α,β-unsaturated/α-hetero) is 1. The van der Waals surface area contributed by atoms with Crippen LogP contribution in [0.2, 0.25) is 0 Å². The first kappa shape index (κ1) is 15.3. The fourth-order valence-corrected chi connectivity index (χ4v) is 4.55. The molecular formula is C16H27NO3. The molecular weight excluding hydrogens is 254 g/mol. The minimum Gasteiger partial charge on any atom is -0.450 e. The van der Waals surface area contributed by atoms with Gasteiger partial charge in [-0.3, -0.25) is 9.69 Å². The summed E-state index contributed by atoms with van der Waals surface area (Å²) in [5.41, 5.74) is -0.362. The molecule has 0 bridgehead atoms. The molecule has 2 unspecified atom stereocenters. The highest BCUT2D eigenvalue weighted by molar-refractivity contribution is 5.90. The molecule has 2 atom stereocenters. The Morgan fingerprint density at radius 1 is 1.20 bits per heavy atom. The van der Waals surface area contributed by atoms with Crippen molar-refractivity contribution >= 4 is 11.9 Å². The summed E-state index contributed by atoms with van der Waals surface area (Å²) in [5, 5.41) is 0. The van der Waals surface area contributed by atoms with Gasteiger partial charge in [0.1, 0.15) is 0 Å². The van der Waals surface area contributed by atoms with Crippen LogP contribution in [0.25, 0.3) is 0 Å². The number of hydrogen-bond acceptors (Lipinski definition) is 3. The number of carbonyl (C=O) groups excluding carboxylic acids is 2. The summed E-state index contributed by atoms with van der Waals surface area (Å²) < 4.78 is 5.13. The number of fused-ring (bicyclic) bond motifs is 1. The largest absolute Gasteiger partial charge is 0.450 e. The summed E-state index contributed by atoms with van der Waals surface area (Å²) in [6.45, 7) is 15.2. The van der Waals surface area contributed by atoms with E-state index in [0.717, 1.165) is 0 Å². The van der Waals surface area contributed by atoms with E-state index in [9.17, 15) is 9.59 Å². The lowest BCUT2D eigenvalue weighted by Crippen LogP contribution is -2.76. The Morgan fingerprint density at radius 2 is 1.75 bits per heavy atom. The molecule has 2 rings (SSSR count). The molecule has 1 saturated carbocycles. The Morgan fingerprint density at radius 3 is 2.25 bits per heavy atom. The fourth-order valence-electron chi connectivity index (χ4n) is 4.55. The molecule has 1 heterocycles. The molecule has 2 fully saturated rings. The zero-order chi connectivity index (χ0) is 15.5. The number of amides is 1. The molecule has 1 aliphatic carbocycles. The number of carbonyl (C=O) groups is 2. The number of nitrogens with zero attached hydrogens (tertiary/aromatic N) is 1. The maximum Gasteiger partial charge on any atom is 0.410 e. The summed E-state index contributed by atoms with van der Waals surface area (Å²) in [6.07, 6.45) is -0.371. The van der Waals surface area contributed by atoms with Gasteiger partial charge in [0.25, 0.3) is 0 Å². The highest BCUT2D eigenvalue weighted by Gasteiger charge is 2.71.